The summed E-state index contributed by atoms with van der Waals surface area (Å²) in [6.07, 6.45) is 0.970. The number of ether oxygens (including phenoxy) is 4. The molecule has 2 rings (SSSR count). The number of hydrogen-bond donors (Lipinski definition) is 0. The number of likely N-dealkylation sites (tertiary alicyclic amines) is 1. The lowest BCUT2D eigenvalue weighted by Gasteiger charge is -2.15. The molecule has 1 aromatic carbocycles. The molecule has 24 heavy (non-hydrogen) atoms. The van der Waals surface area contributed by atoms with Crippen molar-refractivity contribution in [3.63, 3.8) is 0 Å². The lowest BCUT2D eigenvalue weighted by Crippen LogP contribution is -2.35. The molecule has 130 valence electrons. The molecule has 0 unspecified atom stereocenters. The minimum atomic E-state index is -0.728. The zero-order valence-corrected chi connectivity index (χ0v) is 13.8. The Balaban J connectivity index is 2.09. The second kappa shape index (κ2) is 7.67. The smallest absolute Gasteiger partial charge is 0.338 e. The number of esters is 1. The third-order valence-electron chi connectivity index (χ3n) is 3.60. The van der Waals surface area contributed by atoms with Gasteiger partial charge in [-0.3, -0.25) is 14.5 Å². The highest BCUT2D eigenvalue weighted by Crippen LogP contribution is 2.38. The zero-order chi connectivity index (χ0) is 17.7. The fourth-order valence-electron chi connectivity index (χ4n) is 2.40. The topological polar surface area (TPSA) is 91.4 Å². The Hall–Kier alpha value is -2.77. The first-order chi connectivity index (χ1) is 11.5. The number of methoxy groups -OCH3 is 3. The number of carbonyl (C=O) groups is 3. The van der Waals surface area contributed by atoms with Crippen LogP contribution in [0.25, 0.3) is 0 Å². The van der Waals surface area contributed by atoms with E-state index >= 15 is 0 Å². The molecule has 1 saturated heterocycles. The van der Waals surface area contributed by atoms with Crippen molar-refractivity contribution in [2.45, 2.75) is 12.8 Å². The first kappa shape index (κ1) is 17.6. The number of hydrogen-bond acceptors (Lipinski definition) is 7. The molecule has 0 bridgehead atoms. The summed E-state index contributed by atoms with van der Waals surface area (Å²) in [5.74, 6) is -0.568. The Morgan fingerprint density at radius 3 is 2.17 bits per heavy atom. The van der Waals surface area contributed by atoms with Gasteiger partial charge in [0, 0.05) is 13.0 Å². The van der Waals surface area contributed by atoms with Crippen molar-refractivity contribution in [1.29, 1.82) is 0 Å². The summed E-state index contributed by atoms with van der Waals surface area (Å²) in [7, 11) is 4.30. The highest BCUT2D eigenvalue weighted by Gasteiger charge is 2.27. The van der Waals surface area contributed by atoms with E-state index in [2.05, 4.69) is 0 Å². The predicted octanol–water partition coefficient (Wildman–Crippen LogP) is 1.02. The molecule has 0 N–H and O–H groups in total. The Labute approximate surface area is 139 Å². The summed E-state index contributed by atoms with van der Waals surface area (Å²) in [6.45, 7) is -0.138. The fraction of sp³-hybridized carbons (Fsp3) is 0.438. The van der Waals surface area contributed by atoms with E-state index in [1.165, 1.54) is 33.5 Å². The van der Waals surface area contributed by atoms with Gasteiger partial charge in [-0.1, -0.05) is 0 Å². The predicted molar refractivity (Wildman–Crippen MR) is 82.3 cm³/mol. The lowest BCUT2D eigenvalue weighted by molar-refractivity contribution is -0.143. The van der Waals surface area contributed by atoms with Crippen LogP contribution in [0.1, 0.15) is 23.2 Å². The first-order valence-corrected chi connectivity index (χ1v) is 7.32. The normalized spacial score (nSPS) is 13.6. The van der Waals surface area contributed by atoms with E-state index in [1.807, 2.05) is 0 Å². The van der Waals surface area contributed by atoms with Crippen LogP contribution in [0.2, 0.25) is 0 Å². The van der Waals surface area contributed by atoms with Gasteiger partial charge in [-0.2, -0.15) is 0 Å². The molecular formula is C16H19NO7. The average Bonchev–Trinajstić information content (AvgIpc) is 3.03. The van der Waals surface area contributed by atoms with E-state index in [-0.39, 0.29) is 11.5 Å². The van der Waals surface area contributed by atoms with Gasteiger partial charge < -0.3 is 18.9 Å². The number of benzene rings is 1. The van der Waals surface area contributed by atoms with Crippen molar-refractivity contribution >= 4 is 17.8 Å². The molecular weight excluding hydrogens is 318 g/mol. The van der Waals surface area contributed by atoms with Crippen LogP contribution in [0.3, 0.4) is 0 Å². The van der Waals surface area contributed by atoms with Crippen molar-refractivity contribution in [2.75, 3.05) is 34.5 Å². The van der Waals surface area contributed by atoms with Gasteiger partial charge in [-0.25, -0.2) is 4.79 Å². The quantitative estimate of drug-likeness (QED) is 0.716. The van der Waals surface area contributed by atoms with Crippen LogP contribution in [0, 0.1) is 0 Å². The molecule has 2 amide bonds. The molecule has 1 fully saturated rings. The van der Waals surface area contributed by atoms with Crippen LogP contribution in [-0.4, -0.2) is 57.2 Å². The van der Waals surface area contributed by atoms with E-state index in [1.54, 1.807) is 0 Å². The summed E-state index contributed by atoms with van der Waals surface area (Å²) in [5, 5.41) is 0. The van der Waals surface area contributed by atoms with Gasteiger partial charge in [-0.05, 0) is 18.6 Å². The van der Waals surface area contributed by atoms with Gasteiger partial charge in [0.2, 0.25) is 11.7 Å². The number of nitrogens with zero attached hydrogens (tertiary/aromatic N) is 1. The molecule has 8 nitrogen and oxygen atoms in total. The Bertz CT molecular complexity index is 631. The highest BCUT2D eigenvalue weighted by atomic mass is 16.5. The van der Waals surface area contributed by atoms with Gasteiger partial charge in [0.05, 0.1) is 26.9 Å². The average molecular weight is 337 g/mol. The van der Waals surface area contributed by atoms with Gasteiger partial charge in [-0.15, -0.1) is 0 Å². The maximum absolute atomic E-state index is 12.2. The summed E-state index contributed by atoms with van der Waals surface area (Å²) in [4.78, 5) is 36.6. The standard InChI is InChI=1S/C16H19NO7/c1-21-11-7-10(8-12(22-2)15(11)23-3)16(20)24-9-14(19)17-6-4-5-13(17)18/h7-8H,4-6,9H2,1-3H3. The molecule has 0 radical (unpaired) electrons. The van der Waals surface area contributed by atoms with E-state index in [9.17, 15) is 14.4 Å². The Kier molecular flexibility index (Phi) is 5.62. The van der Waals surface area contributed by atoms with Crippen LogP contribution in [0.15, 0.2) is 12.1 Å². The highest BCUT2D eigenvalue weighted by molar-refractivity contribution is 5.99. The number of carbonyl (C=O) groups excluding carboxylic acids is 3. The number of amides is 2. The van der Waals surface area contributed by atoms with Crippen LogP contribution in [0.5, 0.6) is 17.2 Å². The molecule has 0 saturated carbocycles. The molecule has 0 atom stereocenters. The second-order valence-corrected chi connectivity index (χ2v) is 5.03. The van der Waals surface area contributed by atoms with Crippen LogP contribution in [0.4, 0.5) is 0 Å². The van der Waals surface area contributed by atoms with Gasteiger partial charge in [0.15, 0.2) is 18.1 Å². The van der Waals surface area contributed by atoms with Gasteiger partial charge in [0.1, 0.15) is 0 Å². The van der Waals surface area contributed by atoms with Crippen LogP contribution >= 0.6 is 0 Å². The maximum Gasteiger partial charge on any atom is 0.338 e. The maximum atomic E-state index is 12.2. The van der Waals surface area contributed by atoms with Crippen molar-refractivity contribution in [2.24, 2.45) is 0 Å². The monoisotopic (exact) mass is 337 g/mol. The van der Waals surface area contributed by atoms with E-state index in [0.717, 1.165) is 4.90 Å². The summed E-state index contributed by atoms with van der Waals surface area (Å²) < 4.78 is 20.5. The molecule has 0 aromatic heterocycles. The van der Waals surface area contributed by atoms with Crippen molar-refractivity contribution in [1.82, 2.24) is 4.90 Å². The van der Waals surface area contributed by atoms with Crippen LogP contribution < -0.4 is 14.2 Å². The fourth-order valence-corrected chi connectivity index (χ4v) is 2.40. The minimum Gasteiger partial charge on any atom is -0.493 e. The summed E-state index contributed by atoms with van der Waals surface area (Å²) in [6, 6.07) is 2.85. The van der Waals surface area contributed by atoms with Crippen LogP contribution in [-0.2, 0) is 14.3 Å². The molecule has 1 aromatic rings. The molecule has 1 aliphatic heterocycles. The molecule has 0 spiro atoms. The first-order valence-electron chi connectivity index (χ1n) is 7.32. The SMILES string of the molecule is COc1cc(C(=O)OCC(=O)N2CCCC2=O)cc(OC)c1OC. The van der Waals surface area contributed by atoms with Crippen molar-refractivity contribution in [3.05, 3.63) is 17.7 Å². The second-order valence-electron chi connectivity index (χ2n) is 5.03. The Morgan fingerprint density at radius 1 is 1.08 bits per heavy atom. The third kappa shape index (κ3) is 3.58. The molecule has 1 aliphatic rings. The van der Waals surface area contributed by atoms with Crippen molar-refractivity contribution < 1.29 is 33.3 Å². The van der Waals surface area contributed by atoms with Gasteiger partial charge in [0.25, 0.3) is 5.91 Å². The largest absolute Gasteiger partial charge is 0.493 e. The molecule has 1 heterocycles. The van der Waals surface area contributed by atoms with Crippen molar-refractivity contribution in [3.8, 4) is 17.2 Å². The molecule has 0 aliphatic carbocycles. The Morgan fingerprint density at radius 2 is 1.71 bits per heavy atom. The summed E-state index contributed by atoms with van der Waals surface area (Å²) in [5.41, 5.74) is 0.144. The molecule has 8 heteroatoms. The zero-order valence-electron chi connectivity index (χ0n) is 13.8. The minimum absolute atomic E-state index is 0.144. The third-order valence-corrected chi connectivity index (χ3v) is 3.60. The number of imide groups is 1. The van der Waals surface area contributed by atoms with E-state index in [0.29, 0.717) is 36.6 Å². The number of rotatable bonds is 6. The van der Waals surface area contributed by atoms with Gasteiger partial charge >= 0.3 is 5.97 Å². The summed E-state index contributed by atoms with van der Waals surface area (Å²) >= 11 is 0. The van der Waals surface area contributed by atoms with E-state index in [4.69, 9.17) is 18.9 Å². The van der Waals surface area contributed by atoms with E-state index < -0.39 is 18.5 Å². The lowest BCUT2D eigenvalue weighted by atomic mass is 10.2.